The van der Waals surface area contributed by atoms with E-state index in [2.05, 4.69) is 9.78 Å². The maximum absolute atomic E-state index is 12.4. The predicted molar refractivity (Wildman–Crippen MR) is 85.3 cm³/mol. The number of anilines is 1. The lowest BCUT2D eigenvalue weighted by atomic mass is 9.96. The van der Waals surface area contributed by atoms with E-state index in [1.54, 1.807) is 6.07 Å². The summed E-state index contributed by atoms with van der Waals surface area (Å²) < 4.78 is 14.5. The lowest BCUT2D eigenvalue weighted by molar-refractivity contribution is 0.328. The molecule has 0 radical (unpaired) electrons. The van der Waals surface area contributed by atoms with Crippen molar-refractivity contribution in [1.29, 1.82) is 0 Å². The Kier molecular flexibility index (Phi) is 4.39. The normalized spacial score (nSPS) is 17.7. The van der Waals surface area contributed by atoms with E-state index >= 15 is 0 Å². The van der Waals surface area contributed by atoms with Crippen molar-refractivity contribution in [3.63, 3.8) is 0 Å². The van der Waals surface area contributed by atoms with Gasteiger partial charge in [0.25, 0.3) is 0 Å². The van der Waals surface area contributed by atoms with Gasteiger partial charge in [-0.2, -0.15) is 5.10 Å². The molecule has 2 N–H and O–H groups in total. The molecule has 3 rings (SSSR count). The molecule has 1 atom stereocenters. The lowest BCUT2D eigenvalue weighted by Crippen LogP contribution is -2.13. The van der Waals surface area contributed by atoms with E-state index in [9.17, 15) is 4.21 Å². The number of para-hydroxylation sites is 1. The number of nitrogens with two attached hydrogens (primary N) is 1. The van der Waals surface area contributed by atoms with E-state index in [1.807, 2.05) is 30.5 Å². The van der Waals surface area contributed by atoms with Gasteiger partial charge in [0, 0.05) is 11.9 Å². The SMILES string of the molecule is Nc1ccccc1S(=O)Cc1ccn(C2CCCCC2)n1. The summed E-state index contributed by atoms with van der Waals surface area (Å²) in [6, 6.07) is 9.82. The molecule has 1 saturated carbocycles. The van der Waals surface area contributed by atoms with Gasteiger partial charge in [0.2, 0.25) is 0 Å². The molecule has 1 unspecified atom stereocenters. The van der Waals surface area contributed by atoms with Crippen LogP contribution in [-0.2, 0) is 16.6 Å². The molecule has 1 aromatic heterocycles. The van der Waals surface area contributed by atoms with Gasteiger partial charge in [-0.25, -0.2) is 0 Å². The first-order valence-electron chi connectivity index (χ1n) is 7.51. The van der Waals surface area contributed by atoms with Crippen molar-refractivity contribution in [2.75, 3.05) is 5.73 Å². The Balaban J connectivity index is 1.69. The van der Waals surface area contributed by atoms with Crippen LogP contribution in [0.4, 0.5) is 5.69 Å². The van der Waals surface area contributed by atoms with Crippen LogP contribution >= 0.6 is 0 Å². The van der Waals surface area contributed by atoms with Crippen molar-refractivity contribution in [2.45, 2.75) is 48.8 Å². The number of rotatable bonds is 4. The summed E-state index contributed by atoms with van der Waals surface area (Å²) in [6.07, 6.45) is 8.34. The number of nitrogen functional groups attached to an aromatic ring is 1. The van der Waals surface area contributed by atoms with Crippen LogP contribution in [0.3, 0.4) is 0 Å². The molecule has 1 heterocycles. The van der Waals surface area contributed by atoms with Crippen LogP contribution < -0.4 is 5.73 Å². The van der Waals surface area contributed by atoms with Crippen LogP contribution in [0.1, 0.15) is 43.8 Å². The van der Waals surface area contributed by atoms with Crippen molar-refractivity contribution >= 4 is 16.5 Å². The zero-order valence-corrected chi connectivity index (χ0v) is 12.9. The Morgan fingerprint density at radius 3 is 2.71 bits per heavy atom. The molecule has 0 saturated heterocycles. The zero-order valence-electron chi connectivity index (χ0n) is 12.1. The molecule has 1 aromatic carbocycles. The summed E-state index contributed by atoms with van der Waals surface area (Å²) in [5.41, 5.74) is 7.34. The first-order chi connectivity index (χ1) is 10.2. The van der Waals surface area contributed by atoms with Gasteiger partial charge in [-0.15, -0.1) is 0 Å². The van der Waals surface area contributed by atoms with Crippen molar-refractivity contribution in [3.8, 4) is 0 Å². The minimum atomic E-state index is -1.14. The van der Waals surface area contributed by atoms with E-state index < -0.39 is 10.8 Å². The highest BCUT2D eigenvalue weighted by molar-refractivity contribution is 7.84. The Morgan fingerprint density at radius 1 is 1.19 bits per heavy atom. The highest BCUT2D eigenvalue weighted by Gasteiger charge is 2.17. The maximum Gasteiger partial charge on any atom is 0.0753 e. The van der Waals surface area contributed by atoms with Gasteiger partial charge in [-0.3, -0.25) is 8.89 Å². The summed E-state index contributed by atoms with van der Waals surface area (Å²) in [4.78, 5) is 0.699. The van der Waals surface area contributed by atoms with E-state index in [0.717, 1.165) is 5.69 Å². The average Bonchev–Trinajstić information content (AvgIpc) is 2.97. The van der Waals surface area contributed by atoms with E-state index in [1.165, 1.54) is 32.1 Å². The summed E-state index contributed by atoms with van der Waals surface area (Å²) in [6.45, 7) is 0. The Morgan fingerprint density at radius 2 is 1.95 bits per heavy atom. The van der Waals surface area contributed by atoms with E-state index in [0.29, 0.717) is 22.4 Å². The lowest BCUT2D eigenvalue weighted by Gasteiger charge is -2.21. The average molecular weight is 303 g/mol. The maximum atomic E-state index is 12.4. The largest absolute Gasteiger partial charge is 0.398 e. The minimum absolute atomic E-state index is 0.425. The van der Waals surface area contributed by atoms with Gasteiger partial charge in [0.05, 0.1) is 33.2 Å². The third kappa shape index (κ3) is 3.35. The highest BCUT2D eigenvalue weighted by Crippen LogP contribution is 2.27. The van der Waals surface area contributed by atoms with E-state index in [-0.39, 0.29) is 0 Å². The first-order valence-corrected chi connectivity index (χ1v) is 8.83. The zero-order chi connectivity index (χ0) is 14.7. The van der Waals surface area contributed by atoms with E-state index in [4.69, 9.17) is 5.73 Å². The molecule has 0 amide bonds. The van der Waals surface area contributed by atoms with Crippen LogP contribution in [0.2, 0.25) is 0 Å². The van der Waals surface area contributed by atoms with Crippen molar-refractivity contribution in [2.24, 2.45) is 0 Å². The molecule has 0 spiro atoms. The van der Waals surface area contributed by atoms with Gasteiger partial charge >= 0.3 is 0 Å². The second-order valence-corrected chi connectivity index (χ2v) is 7.03. The molecule has 1 aliphatic carbocycles. The summed E-state index contributed by atoms with van der Waals surface area (Å²) >= 11 is 0. The standard InChI is InChI=1S/C16H21N3OS/c17-15-8-4-5-9-16(15)21(20)12-13-10-11-19(18-13)14-6-2-1-3-7-14/h4-5,8-11,14H,1-3,6-7,12,17H2. The number of aromatic nitrogens is 2. The van der Waals surface area contributed by atoms with Gasteiger partial charge in [0.1, 0.15) is 0 Å². The fourth-order valence-electron chi connectivity index (χ4n) is 2.90. The van der Waals surface area contributed by atoms with Gasteiger partial charge in [-0.05, 0) is 31.0 Å². The first kappa shape index (κ1) is 14.3. The summed E-state index contributed by atoms with van der Waals surface area (Å²) in [7, 11) is -1.14. The molecule has 2 aromatic rings. The van der Waals surface area contributed by atoms with Gasteiger partial charge in [-0.1, -0.05) is 31.4 Å². The number of hydrogen-bond acceptors (Lipinski definition) is 3. The quantitative estimate of drug-likeness (QED) is 0.882. The monoisotopic (exact) mass is 303 g/mol. The van der Waals surface area contributed by atoms with Crippen LogP contribution in [-0.4, -0.2) is 14.0 Å². The Bertz CT molecular complexity index is 632. The fraction of sp³-hybridized carbons (Fsp3) is 0.438. The molecular weight excluding hydrogens is 282 g/mol. The van der Waals surface area contributed by atoms with Crippen molar-refractivity contribution in [3.05, 3.63) is 42.2 Å². The molecule has 4 nitrogen and oxygen atoms in total. The number of nitrogens with zero attached hydrogens (tertiary/aromatic N) is 2. The smallest absolute Gasteiger partial charge is 0.0753 e. The molecule has 1 fully saturated rings. The second-order valence-electron chi connectivity index (χ2n) is 5.61. The Labute approximate surface area is 127 Å². The number of hydrogen-bond donors (Lipinski definition) is 1. The molecule has 112 valence electrons. The fourth-order valence-corrected chi connectivity index (χ4v) is 4.04. The van der Waals surface area contributed by atoms with Gasteiger partial charge in [0.15, 0.2) is 0 Å². The van der Waals surface area contributed by atoms with Crippen LogP contribution in [0.25, 0.3) is 0 Å². The van der Waals surface area contributed by atoms with Crippen molar-refractivity contribution in [1.82, 2.24) is 9.78 Å². The van der Waals surface area contributed by atoms with Crippen LogP contribution in [0, 0.1) is 0 Å². The summed E-state index contributed by atoms with van der Waals surface area (Å²) in [5.74, 6) is 0.425. The van der Waals surface area contributed by atoms with Crippen molar-refractivity contribution < 1.29 is 4.21 Å². The van der Waals surface area contributed by atoms with Crippen LogP contribution in [0.5, 0.6) is 0 Å². The molecule has 0 aliphatic heterocycles. The third-order valence-electron chi connectivity index (χ3n) is 4.06. The molecule has 5 heteroatoms. The number of benzene rings is 1. The van der Waals surface area contributed by atoms with Gasteiger partial charge < -0.3 is 5.73 Å². The summed E-state index contributed by atoms with van der Waals surface area (Å²) in [5, 5.41) is 4.61. The van der Waals surface area contributed by atoms with Crippen LogP contribution in [0.15, 0.2) is 41.4 Å². The Hall–Kier alpha value is -1.62. The molecule has 0 bridgehead atoms. The predicted octanol–water partition coefficient (Wildman–Crippen LogP) is 3.28. The third-order valence-corrected chi connectivity index (χ3v) is 5.48. The molecule has 1 aliphatic rings. The molecular formula is C16H21N3OS. The second kappa shape index (κ2) is 6.43. The molecule has 21 heavy (non-hydrogen) atoms. The topological polar surface area (TPSA) is 60.9 Å². The highest BCUT2D eigenvalue weighted by atomic mass is 32.2. The minimum Gasteiger partial charge on any atom is -0.398 e.